The first-order valence-electron chi connectivity index (χ1n) is 6.52. The zero-order valence-corrected chi connectivity index (χ0v) is 12.6. The lowest BCUT2D eigenvalue weighted by Gasteiger charge is -2.21. The van der Waals surface area contributed by atoms with Crippen molar-refractivity contribution in [2.24, 2.45) is 12.8 Å². The van der Waals surface area contributed by atoms with E-state index in [1.165, 1.54) is 0 Å². The molecular weight excluding hydrogens is 286 g/mol. The van der Waals surface area contributed by atoms with Crippen molar-refractivity contribution in [3.05, 3.63) is 48.0 Å². The molecule has 1 amide bonds. The van der Waals surface area contributed by atoms with Crippen molar-refractivity contribution in [1.82, 2.24) is 19.7 Å². The summed E-state index contributed by atoms with van der Waals surface area (Å²) in [6, 6.07) is 5.46. The van der Waals surface area contributed by atoms with Crippen LogP contribution in [0, 0.1) is 0 Å². The average Bonchev–Trinajstić information content (AvgIpc) is 2.90. The third-order valence-corrected chi connectivity index (χ3v) is 3.15. The molecule has 0 atom stereocenters. The molecule has 21 heavy (non-hydrogen) atoms. The Bertz CT molecular complexity index is 625. The fraction of sp³-hybridized carbons (Fsp3) is 0.286. The van der Waals surface area contributed by atoms with Crippen molar-refractivity contribution in [3.8, 4) is 0 Å². The monoisotopic (exact) mass is 303 g/mol. The highest BCUT2D eigenvalue weighted by atomic mass is 32.1. The molecule has 0 aliphatic carbocycles. The fourth-order valence-electron chi connectivity index (χ4n) is 1.90. The molecule has 2 heterocycles. The largest absolute Gasteiger partial charge is 0.393 e. The molecule has 0 radical (unpaired) electrons. The van der Waals surface area contributed by atoms with E-state index in [0.29, 0.717) is 30.2 Å². The van der Waals surface area contributed by atoms with E-state index < -0.39 is 0 Å². The number of hydrogen-bond donors (Lipinski definition) is 1. The maximum absolute atomic E-state index is 12.5. The van der Waals surface area contributed by atoms with Crippen LogP contribution in [0.2, 0.25) is 0 Å². The Labute approximate surface area is 128 Å². The van der Waals surface area contributed by atoms with Crippen LogP contribution in [0.15, 0.2) is 36.8 Å². The maximum Gasteiger partial charge on any atom is 0.274 e. The highest BCUT2D eigenvalue weighted by molar-refractivity contribution is 7.80. The van der Waals surface area contributed by atoms with Crippen molar-refractivity contribution in [3.63, 3.8) is 0 Å². The molecular formula is C14H17N5OS. The van der Waals surface area contributed by atoms with Crippen molar-refractivity contribution in [2.45, 2.75) is 13.0 Å². The van der Waals surface area contributed by atoms with Gasteiger partial charge in [-0.25, -0.2) is 0 Å². The van der Waals surface area contributed by atoms with Gasteiger partial charge in [0, 0.05) is 45.1 Å². The molecule has 2 aromatic heterocycles. The summed E-state index contributed by atoms with van der Waals surface area (Å²) in [5.74, 6) is -0.143. The Balaban J connectivity index is 2.14. The van der Waals surface area contributed by atoms with E-state index in [-0.39, 0.29) is 5.91 Å². The van der Waals surface area contributed by atoms with Crippen LogP contribution in [0.3, 0.4) is 0 Å². The minimum Gasteiger partial charge on any atom is -0.393 e. The Morgan fingerprint density at radius 3 is 2.86 bits per heavy atom. The average molecular weight is 303 g/mol. The van der Waals surface area contributed by atoms with Crippen LogP contribution >= 0.6 is 12.2 Å². The molecule has 0 bridgehead atoms. The Morgan fingerprint density at radius 1 is 1.48 bits per heavy atom. The van der Waals surface area contributed by atoms with E-state index in [1.54, 1.807) is 41.3 Å². The molecule has 7 heteroatoms. The number of aromatic nitrogens is 3. The molecule has 0 aromatic carbocycles. The lowest BCUT2D eigenvalue weighted by molar-refractivity contribution is 0.0741. The molecule has 0 aliphatic rings. The molecule has 0 fully saturated rings. The van der Waals surface area contributed by atoms with Gasteiger partial charge in [-0.3, -0.25) is 14.5 Å². The molecule has 110 valence electrons. The van der Waals surface area contributed by atoms with Gasteiger partial charge in [0.15, 0.2) is 0 Å². The minimum absolute atomic E-state index is 0.143. The number of carbonyl (C=O) groups excluding carboxylic acids is 1. The second-order valence-corrected chi connectivity index (χ2v) is 5.20. The number of nitrogens with two attached hydrogens (primary N) is 1. The SMILES string of the molecule is Cn1ccc(C(=O)N(CCC(N)=S)Cc2cccnc2)n1. The van der Waals surface area contributed by atoms with Gasteiger partial charge in [0.25, 0.3) is 5.91 Å². The van der Waals surface area contributed by atoms with Crippen LogP contribution in [-0.4, -0.2) is 37.1 Å². The summed E-state index contributed by atoms with van der Waals surface area (Å²) in [5.41, 5.74) is 6.89. The third kappa shape index (κ3) is 4.35. The van der Waals surface area contributed by atoms with Crippen molar-refractivity contribution in [2.75, 3.05) is 6.54 Å². The van der Waals surface area contributed by atoms with Gasteiger partial charge in [-0.05, 0) is 17.7 Å². The van der Waals surface area contributed by atoms with Crippen LogP contribution in [0.5, 0.6) is 0 Å². The Morgan fingerprint density at radius 2 is 2.29 bits per heavy atom. The van der Waals surface area contributed by atoms with E-state index in [9.17, 15) is 4.79 Å². The third-order valence-electron chi connectivity index (χ3n) is 2.94. The lowest BCUT2D eigenvalue weighted by atomic mass is 10.2. The van der Waals surface area contributed by atoms with Gasteiger partial charge in [-0.2, -0.15) is 5.10 Å². The summed E-state index contributed by atoms with van der Waals surface area (Å²) in [4.78, 5) is 18.6. The highest BCUT2D eigenvalue weighted by Crippen LogP contribution is 2.09. The summed E-state index contributed by atoms with van der Waals surface area (Å²) < 4.78 is 1.60. The number of carbonyl (C=O) groups is 1. The predicted molar refractivity (Wildman–Crippen MR) is 83.6 cm³/mol. The number of aryl methyl sites for hydroxylation is 1. The second-order valence-electron chi connectivity index (χ2n) is 4.68. The number of rotatable bonds is 6. The van der Waals surface area contributed by atoms with E-state index in [1.807, 2.05) is 12.1 Å². The Kier molecular flexibility index (Phi) is 4.99. The molecule has 2 N–H and O–H groups in total. The van der Waals surface area contributed by atoms with Gasteiger partial charge < -0.3 is 10.6 Å². The van der Waals surface area contributed by atoms with Crippen LogP contribution < -0.4 is 5.73 Å². The summed E-state index contributed by atoms with van der Waals surface area (Å²) in [6.07, 6.45) is 5.65. The van der Waals surface area contributed by atoms with Gasteiger partial charge >= 0.3 is 0 Å². The van der Waals surface area contributed by atoms with Gasteiger partial charge in [0.2, 0.25) is 0 Å². The summed E-state index contributed by atoms with van der Waals surface area (Å²) in [5, 5.41) is 4.15. The van der Waals surface area contributed by atoms with E-state index in [2.05, 4.69) is 10.1 Å². The normalized spacial score (nSPS) is 10.3. The van der Waals surface area contributed by atoms with Crippen LogP contribution in [-0.2, 0) is 13.6 Å². The molecule has 6 nitrogen and oxygen atoms in total. The van der Waals surface area contributed by atoms with E-state index >= 15 is 0 Å². The van der Waals surface area contributed by atoms with Crippen LogP contribution in [0.1, 0.15) is 22.5 Å². The first kappa shape index (κ1) is 15.1. The first-order valence-corrected chi connectivity index (χ1v) is 6.93. The van der Waals surface area contributed by atoms with E-state index in [0.717, 1.165) is 5.56 Å². The maximum atomic E-state index is 12.5. The van der Waals surface area contributed by atoms with Gasteiger partial charge in [-0.1, -0.05) is 18.3 Å². The summed E-state index contributed by atoms with van der Waals surface area (Å²) in [7, 11) is 1.78. The fourth-order valence-corrected chi connectivity index (χ4v) is 1.99. The smallest absolute Gasteiger partial charge is 0.274 e. The number of hydrogen-bond acceptors (Lipinski definition) is 4. The molecule has 0 unspecified atom stereocenters. The molecule has 0 saturated carbocycles. The van der Waals surface area contributed by atoms with Gasteiger partial charge in [0.05, 0.1) is 4.99 Å². The molecule has 0 spiro atoms. The minimum atomic E-state index is -0.143. The zero-order chi connectivity index (χ0) is 15.2. The number of thiocarbonyl (C=S) groups is 1. The molecule has 2 rings (SSSR count). The number of amides is 1. The predicted octanol–water partition coefficient (Wildman–Crippen LogP) is 1.13. The summed E-state index contributed by atoms with van der Waals surface area (Å²) in [6.45, 7) is 0.908. The van der Waals surface area contributed by atoms with Crippen LogP contribution in [0.25, 0.3) is 0 Å². The highest BCUT2D eigenvalue weighted by Gasteiger charge is 2.18. The number of nitrogens with zero attached hydrogens (tertiary/aromatic N) is 4. The van der Waals surface area contributed by atoms with Gasteiger partial charge in [0.1, 0.15) is 5.69 Å². The quantitative estimate of drug-likeness (QED) is 0.810. The van der Waals surface area contributed by atoms with Gasteiger partial charge in [-0.15, -0.1) is 0 Å². The first-order chi connectivity index (χ1) is 10.1. The molecule has 2 aromatic rings. The molecule has 0 aliphatic heterocycles. The Hall–Kier alpha value is -2.28. The second kappa shape index (κ2) is 6.94. The topological polar surface area (TPSA) is 77.0 Å². The lowest BCUT2D eigenvalue weighted by Crippen LogP contribution is -2.33. The van der Waals surface area contributed by atoms with Crippen molar-refractivity contribution in [1.29, 1.82) is 0 Å². The van der Waals surface area contributed by atoms with E-state index in [4.69, 9.17) is 18.0 Å². The summed E-state index contributed by atoms with van der Waals surface area (Å²) >= 11 is 4.89. The zero-order valence-electron chi connectivity index (χ0n) is 11.8. The number of pyridine rings is 1. The standard InChI is InChI=1S/C14H17N5OS/c1-18-7-4-12(17-18)14(20)19(8-5-13(15)21)10-11-3-2-6-16-9-11/h2-4,6-7,9H,5,8,10H2,1H3,(H2,15,21). The van der Waals surface area contributed by atoms with Crippen molar-refractivity contribution < 1.29 is 4.79 Å². The van der Waals surface area contributed by atoms with Crippen LogP contribution in [0.4, 0.5) is 0 Å². The molecule has 0 saturated heterocycles. The van der Waals surface area contributed by atoms with Crippen molar-refractivity contribution >= 4 is 23.1 Å².